The number of hydrogen-bond acceptors (Lipinski definition) is 5. The number of halogens is 1. The summed E-state index contributed by atoms with van der Waals surface area (Å²) in [6.07, 6.45) is 1.58. The van der Waals surface area contributed by atoms with Crippen LogP contribution in [0, 0.1) is 0 Å². The molecule has 1 saturated heterocycles. The molecule has 0 saturated carbocycles. The van der Waals surface area contributed by atoms with Crippen LogP contribution in [0.15, 0.2) is 23.3 Å². The second-order valence-electron chi connectivity index (χ2n) is 4.79. The van der Waals surface area contributed by atoms with E-state index in [9.17, 15) is 5.11 Å². The Hall–Kier alpha value is -1.41. The fourth-order valence-corrected chi connectivity index (χ4v) is 2.30. The van der Waals surface area contributed by atoms with Gasteiger partial charge in [0.15, 0.2) is 5.11 Å². The molecule has 0 radical (unpaired) electrons. The van der Waals surface area contributed by atoms with Gasteiger partial charge in [0.2, 0.25) is 0 Å². The maximum atomic E-state index is 9.33. The highest BCUT2D eigenvalue weighted by molar-refractivity contribution is 7.80. The number of hydrazone groups is 1. The van der Waals surface area contributed by atoms with Gasteiger partial charge in [-0.1, -0.05) is 11.6 Å². The summed E-state index contributed by atoms with van der Waals surface area (Å²) in [4.78, 5) is 2.32. The van der Waals surface area contributed by atoms with Crippen molar-refractivity contribution in [2.24, 2.45) is 5.10 Å². The molecule has 0 unspecified atom stereocenters. The van der Waals surface area contributed by atoms with E-state index in [1.807, 2.05) is 0 Å². The number of thiocarbonyl (C=S) groups is 1. The zero-order valence-corrected chi connectivity index (χ0v) is 13.7. The maximum absolute atomic E-state index is 9.33. The SMILES string of the molecule is Oc1ccc(/C=N/NC(=S)NCCN2CCOCC2)cc1Cl. The molecule has 120 valence electrons. The van der Waals surface area contributed by atoms with E-state index in [4.69, 9.17) is 28.6 Å². The highest BCUT2D eigenvalue weighted by Crippen LogP contribution is 2.22. The largest absolute Gasteiger partial charge is 0.506 e. The van der Waals surface area contributed by atoms with Gasteiger partial charge in [0.1, 0.15) is 5.75 Å². The van der Waals surface area contributed by atoms with Gasteiger partial charge in [-0.15, -0.1) is 0 Å². The Bertz CT molecular complexity index is 536. The van der Waals surface area contributed by atoms with Crippen LogP contribution in [-0.2, 0) is 4.74 Å². The molecular weight excluding hydrogens is 324 g/mol. The van der Waals surface area contributed by atoms with Crippen molar-refractivity contribution >= 4 is 35.1 Å². The Labute approximate surface area is 140 Å². The summed E-state index contributed by atoms with van der Waals surface area (Å²) >= 11 is 11.0. The molecule has 0 aromatic heterocycles. The Balaban J connectivity index is 1.66. The average Bonchev–Trinajstić information content (AvgIpc) is 2.52. The van der Waals surface area contributed by atoms with Crippen LogP contribution in [0.5, 0.6) is 5.75 Å². The summed E-state index contributed by atoms with van der Waals surface area (Å²) in [6, 6.07) is 4.85. The molecule has 0 bridgehead atoms. The van der Waals surface area contributed by atoms with E-state index in [1.54, 1.807) is 18.3 Å². The number of morpholine rings is 1. The quantitative estimate of drug-likeness (QED) is 0.424. The second-order valence-corrected chi connectivity index (χ2v) is 5.61. The third-order valence-electron chi connectivity index (χ3n) is 3.17. The lowest BCUT2D eigenvalue weighted by molar-refractivity contribution is 0.0389. The molecule has 2 rings (SSSR count). The molecule has 8 heteroatoms. The van der Waals surface area contributed by atoms with Crippen LogP contribution >= 0.6 is 23.8 Å². The van der Waals surface area contributed by atoms with E-state index >= 15 is 0 Å². The molecule has 1 fully saturated rings. The lowest BCUT2D eigenvalue weighted by Gasteiger charge is -2.26. The van der Waals surface area contributed by atoms with Gasteiger partial charge in [-0.3, -0.25) is 10.3 Å². The summed E-state index contributed by atoms with van der Waals surface area (Å²) in [5.41, 5.74) is 3.51. The van der Waals surface area contributed by atoms with Gasteiger partial charge in [0.05, 0.1) is 24.5 Å². The summed E-state index contributed by atoms with van der Waals surface area (Å²) in [7, 11) is 0. The smallest absolute Gasteiger partial charge is 0.187 e. The van der Waals surface area contributed by atoms with Crippen LogP contribution in [-0.4, -0.2) is 60.7 Å². The van der Waals surface area contributed by atoms with Crippen LogP contribution in [0.3, 0.4) is 0 Å². The fraction of sp³-hybridized carbons (Fsp3) is 0.429. The van der Waals surface area contributed by atoms with E-state index in [2.05, 4.69) is 20.7 Å². The van der Waals surface area contributed by atoms with Crippen molar-refractivity contribution in [1.29, 1.82) is 0 Å². The molecule has 6 nitrogen and oxygen atoms in total. The Morgan fingerprint density at radius 2 is 2.23 bits per heavy atom. The van der Waals surface area contributed by atoms with Crippen molar-refractivity contribution in [3.8, 4) is 5.75 Å². The molecular formula is C14H19ClN4O2S. The van der Waals surface area contributed by atoms with Gasteiger partial charge >= 0.3 is 0 Å². The number of phenols is 1. The van der Waals surface area contributed by atoms with Crippen LogP contribution in [0.4, 0.5) is 0 Å². The Morgan fingerprint density at radius 1 is 1.45 bits per heavy atom. The molecule has 1 heterocycles. The first-order chi connectivity index (χ1) is 10.6. The van der Waals surface area contributed by atoms with Crippen LogP contribution < -0.4 is 10.7 Å². The normalized spacial score (nSPS) is 15.9. The summed E-state index contributed by atoms with van der Waals surface area (Å²) in [5, 5.41) is 17.2. The van der Waals surface area contributed by atoms with Gasteiger partial charge in [-0.2, -0.15) is 5.10 Å². The third kappa shape index (κ3) is 5.76. The van der Waals surface area contributed by atoms with E-state index in [-0.39, 0.29) is 10.8 Å². The average molecular weight is 343 g/mol. The number of benzene rings is 1. The van der Waals surface area contributed by atoms with Crippen molar-refractivity contribution < 1.29 is 9.84 Å². The monoisotopic (exact) mass is 342 g/mol. The summed E-state index contributed by atoms with van der Waals surface area (Å²) in [5.74, 6) is 0.0482. The Kier molecular flexibility index (Phi) is 6.85. The van der Waals surface area contributed by atoms with Crippen molar-refractivity contribution in [2.45, 2.75) is 0 Å². The highest BCUT2D eigenvalue weighted by atomic mass is 35.5. The van der Waals surface area contributed by atoms with Gasteiger partial charge in [-0.25, -0.2) is 0 Å². The molecule has 1 aromatic rings. The number of hydrogen-bond donors (Lipinski definition) is 3. The summed E-state index contributed by atoms with van der Waals surface area (Å²) < 4.78 is 5.29. The van der Waals surface area contributed by atoms with E-state index in [0.717, 1.165) is 45.0 Å². The van der Waals surface area contributed by atoms with Gasteiger partial charge < -0.3 is 15.2 Å². The second kappa shape index (κ2) is 8.89. The number of nitrogens with one attached hydrogen (secondary N) is 2. The number of rotatable bonds is 5. The molecule has 1 aliphatic rings. The van der Waals surface area contributed by atoms with Crippen LogP contribution in [0.1, 0.15) is 5.56 Å². The lowest BCUT2D eigenvalue weighted by Crippen LogP contribution is -2.42. The molecule has 0 aliphatic carbocycles. The number of aromatic hydroxyl groups is 1. The third-order valence-corrected chi connectivity index (χ3v) is 3.71. The zero-order chi connectivity index (χ0) is 15.8. The highest BCUT2D eigenvalue weighted by Gasteiger charge is 2.09. The van der Waals surface area contributed by atoms with Crippen LogP contribution in [0.2, 0.25) is 5.02 Å². The van der Waals surface area contributed by atoms with E-state index < -0.39 is 0 Å². The van der Waals surface area contributed by atoms with Gasteiger partial charge in [-0.05, 0) is 36.0 Å². The minimum absolute atomic E-state index is 0.0482. The standard InChI is InChI=1S/C14H19ClN4O2S/c15-12-9-11(1-2-13(12)20)10-17-18-14(22)16-3-4-19-5-7-21-8-6-19/h1-2,9-10,20H,3-8H2,(H2,16,18,22)/b17-10+. The van der Waals surface area contributed by atoms with E-state index in [0.29, 0.717) is 5.11 Å². The van der Waals surface area contributed by atoms with Gasteiger partial charge in [0.25, 0.3) is 0 Å². The minimum atomic E-state index is 0.0482. The molecule has 0 atom stereocenters. The molecule has 3 N–H and O–H groups in total. The van der Waals surface area contributed by atoms with Crippen molar-refractivity contribution in [3.63, 3.8) is 0 Å². The summed E-state index contributed by atoms with van der Waals surface area (Å²) in [6.45, 7) is 5.18. The van der Waals surface area contributed by atoms with Crippen molar-refractivity contribution in [2.75, 3.05) is 39.4 Å². The zero-order valence-electron chi connectivity index (χ0n) is 12.1. The maximum Gasteiger partial charge on any atom is 0.187 e. The van der Waals surface area contributed by atoms with Crippen LogP contribution in [0.25, 0.3) is 0 Å². The van der Waals surface area contributed by atoms with Crippen molar-refractivity contribution in [1.82, 2.24) is 15.6 Å². The number of ether oxygens (including phenoxy) is 1. The van der Waals surface area contributed by atoms with Crippen molar-refractivity contribution in [3.05, 3.63) is 28.8 Å². The first kappa shape index (κ1) is 17.0. The lowest BCUT2D eigenvalue weighted by atomic mass is 10.2. The topological polar surface area (TPSA) is 69.1 Å². The van der Waals surface area contributed by atoms with Gasteiger partial charge in [0, 0.05) is 26.2 Å². The molecule has 1 aliphatic heterocycles. The van der Waals surface area contributed by atoms with E-state index in [1.165, 1.54) is 6.07 Å². The predicted molar refractivity (Wildman–Crippen MR) is 91.7 cm³/mol. The molecule has 0 spiro atoms. The molecule has 22 heavy (non-hydrogen) atoms. The minimum Gasteiger partial charge on any atom is -0.506 e. The first-order valence-electron chi connectivity index (χ1n) is 7.00. The Morgan fingerprint density at radius 3 is 2.95 bits per heavy atom. The fourth-order valence-electron chi connectivity index (χ4n) is 1.96. The molecule has 0 amide bonds. The predicted octanol–water partition coefficient (Wildman–Crippen LogP) is 1.18. The number of nitrogens with zero attached hydrogens (tertiary/aromatic N) is 2. The number of phenolic OH excluding ortho intramolecular Hbond substituents is 1. The first-order valence-corrected chi connectivity index (χ1v) is 7.79. The molecule has 1 aromatic carbocycles.